The first-order valence-electron chi connectivity index (χ1n) is 8.66. The maximum absolute atomic E-state index is 5.99. The third-order valence-corrected chi connectivity index (χ3v) is 4.40. The van der Waals surface area contributed by atoms with Crippen molar-refractivity contribution in [2.75, 3.05) is 6.54 Å². The van der Waals surface area contributed by atoms with E-state index < -0.39 is 0 Å². The quantitative estimate of drug-likeness (QED) is 0.288. The fraction of sp³-hybridized carbons (Fsp3) is 0.789. The average molecular weight is 280 g/mol. The van der Waals surface area contributed by atoms with E-state index in [1.54, 1.807) is 0 Å². The van der Waals surface area contributed by atoms with E-state index in [4.69, 9.17) is 5.73 Å². The highest BCUT2D eigenvalue weighted by Crippen LogP contribution is 2.33. The molecule has 0 fully saturated rings. The third kappa shape index (κ3) is 9.36. The molecule has 0 saturated heterocycles. The maximum atomic E-state index is 5.99. The monoisotopic (exact) mass is 279 g/mol. The van der Waals surface area contributed by atoms with Crippen molar-refractivity contribution >= 4 is 0 Å². The summed E-state index contributed by atoms with van der Waals surface area (Å²) < 4.78 is 0. The molecule has 0 amide bonds. The normalized spacial score (nSPS) is 11.5. The van der Waals surface area contributed by atoms with E-state index in [0.717, 1.165) is 19.4 Å². The topological polar surface area (TPSA) is 26.0 Å². The summed E-state index contributed by atoms with van der Waals surface area (Å²) in [7, 11) is 0. The van der Waals surface area contributed by atoms with Crippen LogP contribution in [0.15, 0.2) is 25.3 Å². The molecule has 0 aliphatic rings. The van der Waals surface area contributed by atoms with Crippen LogP contribution < -0.4 is 5.73 Å². The van der Waals surface area contributed by atoms with E-state index in [9.17, 15) is 0 Å². The smallest absolute Gasteiger partial charge is 0.00146 e. The van der Waals surface area contributed by atoms with Crippen molar-refractivity contribution in [3.05, 3.63) is 25.3 Å². The summed E-state index contributed by atoms with van der Waals surface area (Å²) in [6.07, 6.45) is 19.7. The lowest BCUT2D eigenvalue weighted by Crippen LogP contribution is -2.29. The minimum Gasteiger partial charge on any atom is -0.330 e. The van der Waals surface area contributed by atoms with Crippen LogP contribution in [0.2, 0.25) is 0 Å². The molecule has 0 bridgehead atoms. The molecule has 0 radical (unpaired) electrons. The van der Waals surface area contributed by atoms with Gasteiger partial charge < -0.3 is 5.73 Å². The molecule has 118 valence electrons. The van der Waals surface area contributed by atoms with Crippen LogP contribution in [0, 0.1) is 5.41 Å². The predicted octanol–water partition coefficient (Wildman–Crippen LogP) is 6.00. The molecule has 0 atom stereocenters. The van der Waals surface area contributed by atoms with Crippen LogP contribution in [-0.4, -0.2) is 6.54 Å². The Bertz CT molecular complexity index is 222. The van der Waals surface area contributed by atoms with Gasteiger partial charge >= 0.3 is 0 Å². The first-order chi connectivity index (χ1) is 9.74. The van der Waals surface area contributed by atoms with Crippen LogP contribution in [0.25, 0.3) is 0 Å². The highest BCUT2D eigenvalue weighted by atomic mass is 14.6. The molecule has 0 aliphatic carbocycles. The first-order valence-corrected chi connectivity index (χ1v) is 8.66. The molecule has 0 spiro atoms. The lowest BCUT2D eigenvalue weighted by atomic mass is 9.76. The fourth-order valence-corrected chi connectivity index (χ4v) is 2.98. The van der Waals surface area contributed by atoms with Gasteiger partial charge in [-0.05, 0) is 31.2 Å². The van der Waals surface area contributed by atoms with Crippen molar-refractivity contribution in [2.24, 2.45) is 11.1 Å². The number of unbranched alkanes of at least 4 members (excludes halogenated alkanes) is 8. The van der Waals surface area contributed by atoms with E-state index in [-0.39, 0.29) is 5.41 Å². The van der Waals surface area contributed by atoms with E-state index in [1.807, 2.05) is 12.2 Å². The second-order valence-electron chi connectivity index (χ2n) is 6.27. The van der Waals surface area contributed by atoms with Crippen molar-refractivity contribution in [3.63, 3.8) is 0 Å². The number of nitrogens with two attached hydrogens (primary N) is 1. The fourth-order valence-electron chi connectivity index (χ4n) is 2.98. The zero-order chi connectivity index (χ0) is 15.1. The number of hydrogen-bond donors (Lipinski definition) is 1. The third-order valence-electron chi connectivity index (χ3n) is 4.40. The molecule has 1 nitrogen and oxygen atoms in total. The molecule has 0 unspecified atom stereocenters. The van der Waals surface area contributed by atoms with Crippen LogP contribution in [0.1, 0.15) is 84.0 Å². The lowest BCUT2D eigenvalue weighted by molar-refractivity contribution is 0.268. The van der Waals surface area contributed by atoms with Crippen molar-refractivity contribution in [2.45, 2.75) is 84.0 Å². The SMILES string of the molecule is C=CCC(CN)(CC=C)CCCCCCCCCCC. The van der Waals surface area contributed by atoms with Gasteiger partial charge in [0, 0.05) is 0 Å². The minimum atomic E-state index is 0.227. The summed E-state index contributed by atoms with van der Waals surface area (Å²) in [4.78, 5) is 0. The lowest BCUT2D eigenvalue weighted by Gasteiger charge is -2.30. The van der Waals surface area contributed by atoms with Crippen molar-refractivity contribution in [1.29, 1.82) is 0 Å². The van der Waals surface area contributed by atoms with Crippen LogP contribution in [0.3, 0.4) is 0 Å². The zero-order valence-corrected chi connectivity index (χ0v) is 13.8. The van der Waals surface area contributed by atoms with Gasteiger partial charge in [-0.25, -0.2) is 0 Å². The number of rotatable bonds is 15. The van der Waals surface area contributed by atoms with E-state index in [1.165, 1.54) is 64.2 Å². The van der Waals surface area contributed by atoms with Gasteiger partial charge in [0.15, 0.2) is 0 Å². The highest BCUT2D eigenvalue weighted by Gasteiger charge is 2.24. The predicted molar refractivity (Wildman–Crippen MR) is 93.0 cm³/mol. The van der Waals surface area contributed by atoms with Gasteiger partial charge in [-0.1, -0.05) is 76.9 Å². The van der Waals surface area contributed by atoms with E-state index in [0.29, 0.717) is 0 Å². The Kier molecular flexibility index (Phi) is 13.0. The maximum Gasteiger partial charge on any atom is -0.00146 e. The molecule has 0 aromatic heterocycles. The van der Waals surface area contributed by atoms with Gasteiger partial charge in [-0.15, -0.1) is 13.2 Å². The van der Waals surface area contributed by atoms with E-state index >= 15 is 0 Å². The number of allylic oxidation sites excluding steroid dienone is 2. The second-order valence-corrected chi connectivity index (χ2v) is 6.27. The molecule has 0 aromatic carbocycles. The molecule has 2 N–H and O–H groups in total. The Labute approximate surface area is 127 Å². The Balaban J connectivity index is 3.67. The van der Waals surface area contributed by atoms with Crippen LogP contribution in [0.5, 0.6) is 0 Å². The summed E-state index contributed by atoms with van der Waals surface area (Å²) in [5.41, 5.74) is 6.22. The summed E-state index contributed by atoms with van der Waals surface area (Å²) in [5.74, 6) is 0. The van der Waals surface area contributed by atoms with Gasteiger partial charge in [-0.3, -0.25) is 0 Å². The first kappa shape index (κ1) is 19.4. The molecule has 0 heterocycles. The highest BCUT2D eigenvalue weighted by molar-refractivity contribution is 4.92. The molecule has 0 aromatic rings. The summed E-state index contributed by atoms with van der Waals surface area (Å²) in [6, 6.07) is 0. The van der Waals surface area contributed by atoms with E-state index in [2.05, 4.69) is 20.1 Å². The Morgan fingerprint density at radius 3 is 1.65 bits per heavy atom. The number of hydrogen-bond acceptors (Lipinski definition) is 1. The van der Waals surface area contributed by atoms with Crippen LogP contribution in [0.4, 0.5) is 0 Å². The Morgan fingerprint density at radius 2 is 1.25 bits per heavy atom. The minimum absolute atomic E-state index is 0.227. The van der Waals surface area contributed by atoms with Gasteiger partial charge in [0.2, 0.25) is 0 Å². The molecule has 1 heteroatoms. The van der Waals surface area contributed by atoms with Crippen molar-refractivity contribution in [3.8, 4) is 0 Å². The van der Waals surface area contributed by atoms with Gasteiger partial charge in [0.25, 0.3) is 0 Å². The van der Waals surface area contributed by atoms with Crippen molar-refractivity contribution < 1.29 is 0 Å². The molecule has 20 heavy (non-hydrogen) atoms. The van der Waals surface area contributed by atoms with Gasteiger partial charge in [0.1, 0.15) is 0 Å². The standard InChI is InChI=1S/C19H37N/c1-4-7-8-9-10-11-12-13-14-17-19(18-20,15-5-2)16-6-3/h5-6H,2-4,7-18,20H2,1H3. The van der Waals surface area contributed by atoms with Crippen molar-refractivity contribution in [1.82, 2.24) is 0 Å². The summed E-state index contributed by atoms with van der Waals surface area (Å²) >= 11 is 0. The van der Waals surface area contributed by atoms with Crippen LogP contribution >= 0.6 is 0 Å². The summed E-state index contributed by atoms with van der Waals surface area (Å²) in [5, 5.41) is 0. The van der Waals surface area contributed by atoms with Gasteiger partial charge in [-0.2, -0.15) is 0 Å². The zero-order valence-electron chi connectivity index (χ0n) is 13.8. The summed E-state index contributed by atoms with van der Waals surface area (Å²) in [6.45, 7) is 10.8. The molecular weight excluding hydrogens is 242 g/mol. The largest absolute Gasteiger partial charge is 0.330 e. The average Bonchev–Trinajstić information content (AvgIpc) is 2.46. The van der Waals surface area contributed by atoms with Crippen LogP contribution in [-0.2, 0) is 0 Å². The second kappa shape index (κ2) is 13.4. The molecule has 0 aliphatic heterocycles. The molecule has 0 rings (SSSR count). The molecular formula is C19H37N. The Morgan fingerprint density at radius 1 is 0.800 bits per heavy atom. The van der Waals surface area contributed by atoms with Gasteiger partial charge in [0.05, 0.1) is 0 Å². The molecule has 0 saturated carbocycles. The Hall–Kier alpha value is -0.560.